The third-order valence-corrected chi connectivity index (χ3v) is 6.00. The molecular weight excluding hydrogens is 436 g/mol. The van der Waals surface area contributed by atoms with Crippen LogP contribution >= 0.6 is 0 Å². The molecule has 0 fully saturated rings. The highest BCUT2D eigenvalue weighted by Crippen LogP contribution is 2.34. The second kappa shape index (κ2) is 12.0. The van der Waals surface area contributed by atoms with Gasteiger partial charge in [0.15, 0.2) is 0 Å². The van der Waals surface area contributed by atoms with Crippen molar-refractivity contribution in [2.24, 2.45) is 4.99 Å². The summed E-state index contributed by atoms with van der Waals surface area (Å²) >= 11 is 0. The first kappa shape index (κ1) is 24.9. The average Bonchev–Trinajstić information content (AvgIpc) is 3.24. The third-order valence-electron chi connectivity index (χ3n) is 6.00. The van der Waals surface area contributed by atoms with E-state index in [1.165, 1.54) is 39.4 Å². The predicted octanol–water partition coefficient (Wildman–Crippen LogP) is 9.34. The Bertz CT molecular complexity index is 1500. The Kier molecular flexibility index (Phi) is 8.31. The summed E-state index contributed by atoms with van der Waals surface area (Å²) in [6.07, 6.45) is 6.51. The topological polar surface area (TPSA) is 17.3 Å². The molecule has 1 aromatic heterocycles. The molecule has 0 aliphatic heterocycles. The van der Waals surface area contributed by atoms with Crippen LogP contribution < -0.4 is 0 Å². The molecule has 0 N–H and O–H groups in total. The molecule has 2 nitrogen and oxygen atoms in total. The van der Waals surface area contributed by atoms with Crippen molar-refractivity contribution >= 4 is 39.9 Å². The van der Waals surface area contributed by atoms with Gasteiger partial charge in [-0.15, -0.1) is 0 Å². The Hall–Kier alpha value is -4.17. The summed E-state index contributed by atoms with van der Waals surface area (Å²) in [4.78, 5) is 4.39. The SMILES string of the molecule is C=N/C(=C\C(=C/Cc1ccccc1)n1c2ccccc2c2cc(C)ccc21)c1ccccc1.CCC. The summed E-state index contributed by atoms with van der Waals surface area (Å²) < 4.78 is 2.35. The lowest BCUT2D eigenvalue weighted by molar-refractivity contribution is 1.09. The van der Waals surface area contributed by atoms with Gasteiger partial charge in [-0.1, -0.05) is 117 Å². The summed E-state index contributed by atoms with van der Waals surface area (Å²) in [6.45, 7) is 10.3. The van der Waals surface area contributed by atoms with Crippen molar-refractivity contribution in [1.29, 1.82) is 0 Å². The van der Waals surface area contributed by atoms with E-state index in [1.807, 2.05) is 18.2 Å². The highest BCUT2D eigenvalue weighted by molar-refractivity contribution is 6.10. The Morgan fingerprint density at radius 3 is 2.08 bits per heavy atom. The molecule has 36 heavy (non-hydrogen) atoms. The van der Waals surface area contributed by atoms with Crippen LogP contribution in [0.2, 0.25) is 0 Å². The van der Waals surface area contributed by atoms with E-state index in [2.05, 4.69) is 134 Å². The molecule has 0 bridgehead atoms. The third kappa shape index (κ3) is 5.55. The minimum Gasteiger partial charge on any atom is -0.309 e. The molecule has 0 aliphatic rings. The zero-order valence-corrected chi connectivity index (χ0v) is 21.5. The molecule has 180 valence electrons. The summed E-state index contributed by atoms with van der Waals surface area (Å²) in [5.41, 5.74) is 7.89. The maximum Gasteiger partial charge on any atom is 0.0715 e. The first-order chi connectivity index (χ1) is 17.7. The lowest BCUT2D eigenvalue weighted by Crippen LogP contribution is -1.97. The van der Waals surface area contributed by atoms with Crippen molar-refractivity contribution in [3.8, 4) is 0 Å². The molecule has 0 unspecified atom stereocenters. The molecule has 5 aromatic rings. The van der Waals surface area contributed by atoms with Crippen molar-refractivity contribution in [2.45, 2.75) is 33.6 Å². The van der Waals surface area contributed by atoms with Crippen LogP contribution in [0.5, 0.6) is 0 Å². The number of aryl methyl sites for hydroxylation is 1. The van der Waals surface area contributed by atoms with Crippen molar-refractivity contribution in [1.82, 2.24) is 4.57 Å². The summed E-state index contributed by atoms with van der Waals surface area (Å²) in [5, 5.41) is 2.51. The van der Waals surface area contributed by atoms with E-state index in [4.69, 9.17) is 0 Å². The molecule has 1 heterocycles. The van der Waals surface area contributed by atoms with Crippen molar-refractivity contribution in [3.05, 3.63) is 132 Å². The quantitative estimate of drug-likeness (QED) is 0.174. The molecule has 0 radical (unpaired) electrons. The van der Waals surface area contributed by atoms with Gasteiger partial charge in [0.1, 0.15) is 0 Å². The highest BCUT2D eigenvalue weighted by atomic mass is 15.0. The Labute approximate surface area is 214 Å². The fourth-order valence-electron chi connectivity index (χ4n) is 4.39. The number of nitrogens with zero attached hydrogens (tertiary/aromatic N) is 2. The van der Waals surface area contributed by atoms with E-state index in [0.29, 0.717) is 0 Å². The minimum atomic E-state index is 0.825. The van der Waals surface area contributed by atoms with Crippen LogP contribution in [0.25, 0.3) is 33.2 Å². The minimum absolute atomic E-state index is 0.825. The van der Waals surface area contributed by atoms with Crippen LogP contribution in [0.4, 0.5) is 0 Å². The average molecular weight is 471 g/mol. The van der Waals surface area contributed by atoms with Gasteiger partial charge in [0.2, 0.25) is 0 Å². The predicted molar refractivity (Wildman–Crippen MR) is 159 cm³/mol. The van der Waals surface area contributed by atoms with Crippen molar-refractivity contribution in [2.75, 3.05) is 0 Å². The normalized spacial score (nSPS) is 11.9. The molecule has 0 saturated heterocycles. The molecule has 2 heteroatoms. The zero-order valence-electron chi connectivity index (χ0n) is 21.5. The number of hydrogen-bond acceptors (Lipinski definition) is 1. The monoisotopic (exact) mass is 470 g/mol. The number of hydrogen-bond donors (Lipinski definition) is 0. The molecule has 4 aromatic carbocycles. The van der Waals surface area contributed by atoms with E-state index < -0.39 is 0 Å². The van der Waals surface area contributed by atoms with Gasteiger partial charge >= 0.3 is 0 Å². The molecule has 0 amide bonds. The maximum absolute atomic E-state index is 4.39. The van der Waals surface area contributed by atoms with Crippen LogP contribution in [0, 0.1) is 6.92 Å². The number of aliphatic imine (C=N–C) groups is 1. The van der Waals surface area contributed by atoms with E-state index in [9.17, 15) is 0 Å². The molecule has 5 rings (SSSR count). The fourth-order valence-corrected chi connectivity index (χ4v) is 4.39. The Balaban J connectivity index is 0.000000967. The van der Waals surface area contributed by atoms with Gasteiger partial charge in [0.25, 0.3) is 0 Å². The van der Waals surface area contributed by atoms with E-state index >= 15 is 0 Å². The van der Waals surface area contributed by atoms with Gasteiger partial charge in [-0.25, -0.2) is 0 Å². The standard InChI is InChI=1S/C31H26N2.C3H8/c1-23-17-20-31-28(21-23)27-15-9-10-16-30(27)33(31)26(19-18-24-11-5-3-6-12-24)22-29(32-2)25-13-7-4-8-14-25;1-3-2/h3-17,19-22H,2,18H2,1H3;3H2,1-2H3/b26-19+,29-22-;. The lowest BCUT2D eigenvalue weighted by atomic mass is 10.1. The van der Waals surface area contributed by atoms with Gasteiger partial charge in [0.05, 0.1) is 16.7 Å². The van der Waals surface area contributed by atoms with Crippen LogP contribution in [0.1, 0.15) is 37.0 Å². The van der Waals surface area contributed by atoms with Crippen LogP contribution in [0.15, 0.2) is 120 Å². The second-order valence-corrected chi connectivity index (χ2v) is 8.95. The van der Waals surface area contributed by atoms with Gasteiger partial charge in [-0.05, 0) is 49.9 Å². The van der Waals surface area contributed by atoms with E-state index in [-0.39, 0.29) is 0 Å². The largest absolute Gasteiger partial charge is 0.309 e. The molecular formula is C34H34N2. The van der Waals surface area contributed by atoms with Crippen LogP contribution in [0.3, 0.4) is 0 Å². The highest BCUT2D eigenvalue weighted by Gasteiger charge is 2.13. The van der Waals surface area contributed by atoms with Crippen molar-refractivity contribution in [3.63, 3.8) is 0 Å². The number of para-hydroxylation sites is 1. The zero-order chi connectivity index (χ0) is 25.3. The molecule has 0 spiro atoms. The molecule has 0 atom stereocenters. The summed E-state index contributed by atoms with van der Waals surface area (Å²) in [6, 6.07) is 36.1. The molecule has 0 aliphatic carbocycles. The van der Waals surface area contributed by atoms with Crippen LogP contribution in [-0.2, 0) is 6.42 Å². The summed E-state index contributed by atoms with van der Waals surface area (Å²) in [7, 11) is 0. The van der Waals surface area contributed by atoms with Gasteiger partial charge in [-0.3, -0.25) is 4.99 Å². The first-order valence-electron chi connectivity index (χ1n) is 12.6. The first-order valence-corrected chi connectivity index (χ1v) is 12.6. The number of allylic oxidation sites excluding steroid dienone is 3. The second-order valence-electron chi connectivity index (χ2n) is 8.95. The van der Waals surface area contributed by atoms with Crippen molar-refractivity contribution < 1.29 is 0 Å². The Morgan fingerprint density at radius 2 is 1.39 bits per heavy atom. The van der Waals surface area contributed by atoms with Crippen LogP contribution in [-0.4, -0.2) is 11.3 Å². The van der Waals surface area contributed by atoms with E-state index in [1.54, 1.807) is 0 Å². The molecule has 0 saturated carbocycles. The smallest absolute Gasteiger partial charge is 0.0715 e. The summed E-state index contributed by atoms with van der Waals surface area (Å²) in [5.74, 6) is 0. The number of rotatable bonds is 6. The number of aromatic nitrogens is 1. The van der Waals surface area contributed by atoms with Gasteiger partial charge < -0.3 is 4.57 Å². The number of fused-ring (bicyclic) bond motifs is 3. The lowest BCUT2D eigenvalue weighted by Gasteiger charge is -2.12. The Morgan fingerprint density at radius 1 is 0.778 bits per heavy atom. The van der Waals surface area contributed by atoms with E-state index in [0.717, 1.165) is 23.4 Å². The van der Waals surface area contributed by atoms with Gasteiger partial charge in [0, 0.05) is 22.0 Å². The fraction of sp³-hybridized carbons (Fsp3) is 0.147. The number of benzene rings is 4. The van der Waals surface area contributed by atoms with Gasteiger partial charge in [-0.2, -0.15) is 0 Å². The maximum atomic E-state index is 4.39.